The van der Waals surface area contributed by atoms with Crippen LogP contribution in [0.5, 0.6) is 11.5 Å². The van der Waals surface area contributed by atoms with Gasteiger partial charge in [-0.15, -0.1) is 11.3 Å². The molecule has 0 fully saturated rings. The molecule has 0 radical (unpaired) electrons. The van der Waals surface area contributed by atoms with E-state index in [1.165, 1.54) is 23.5 Å². The first-order valence-electron chi connectivity index (χ1n) is 7.92. The maximum absolute atomic E-state index is 13.8. The average Bonchev–Trinajstić information content (AvgIpc) is 3.11. The highest BCUT2D eigenvalue weighted by Gasteiger charge is 2.13. The quantitative estimate of drug-likeness (QED) is 0.579. The van der Waals surface area contributed by atoms with Crippen LogP contribution in [-0.2, 0) is 11.2 Å². The number of thiazole rings is 1. The van der Waals surface area contributed by atoms with Crippen molar-refractivity contribution in [3.8, 4) is 22.1 Å². The minimum absolute atomic E-state index is 0.0549. The molecular formula is C19H16BrFN2O3S. The van der Waals surface area contributed by atoms with E-state index in [0.717, 1.165) is 10.6 Å². The summed E-state index contributed by atoms with van der Waals surface area (Å²) in [6.07, 6.45) is 0.0549. The van der Waals surface area contributed by atoms with Gasteiger partial charge < -0.3 is 14.8 Å². The summed E-state index contributed by atoms with van der Waals surface area (Å²) in [7, 11) is 3.15. The third-order valence-corrected chi connectivity index (χ3v) is 5.16. The number of ether oxygens (including phenoxy) is 2. The number of hydrogen-bond donors (Lipinski definition) is 1. The summed E-state index contributed by atoms with van der Waals surface area (Å²) >= 11 is 4.60. The van der Waals surface area contributed by atoms with Crippen molar-refractivity contribution < 1.29 is 18.7 Å². The van der Waals surface area contributed by atoms with Crippen molar-refractivity contribution in [1.82, 2.24) is 4.98 Å². The molecule has 1 heterocycles. The second kappa shape index (κ2) is 8.49. The van der Waals surface area contributed by atoms with Gasteiger partial charge in [0, 0.05) is 15.4 Å². The summed E-state index contributed by atoms with van der Waals surface area (Å²) in [5, 5.41) is 5.13. The van der Waals surface area contributed by atoms with Crippen LogP contribution in [0.3, 0.4) is 0 Å². The molecule has 0 atom stereocenters. The zero-order valence-corrected chi connectivity index (χ0v) is 17.0. The number of hydrogen-bond acceptors (Lipinski definition) is 5. The van der Waals surface area contributed by atoms with Crippen molar-refractivity contribution in [1.29, 1.82) is 0 Å². The summed E-state index contributed by atoms with van der Waals surface area (Å²) in [6, 6.07) is 9.98. The minimum Gasteiger partial charge on any atom is -0.493 e. The lowest BCUT2D eigenvalue weighted by atomic mass is 10.2. The SMILES string of the molecule is COc1ccc(-c2nc(CC(=O)Nc3ccc(Br)cc3F)cs2)cc1OC. The number of halogens is 2. The van der Waals surface area contributed by atoms with Crippen LogP contribution in [0.25, 0.3) is 10.6 Å². The van der Waals surface area contributed by atoms with E-state index in [2.05, 4.69) is 26.2 Å². The van der Waals surface area contributed by atoms with E-state index in [1.807, 2.05) is 17.5 Å². The van der Waals surface area contributed by atoms with Gasteiger partial charge in [-0.2, -0.15) is 0 Å². The molecule has 1 N–H and O–H groups in total. The lowest BCUT2D eigenvalue weighted by Gasteiger charge is -2.08. The van der Waals surface area contributed by atoms with E-state index in [4.69, 9.17) is 9.47 Å². The van der Waals surface area contributed by atoms with Gasteiger partial charge in [-0.1, -0.05) is 15.9 Å². The molecule has 0 spiro atoms. The lowest BCUT2D eigenvalue weighted by molar-refractivity contribution is -0.115. The number of rotatable bonds is 6. The van der Waals surface area contributed by atoms with E-state index in [1.54, 1.807) is 26.4 Å². The monoisotopic (exact) mass is 450 g/mol. The number of anilines is 1. The highest BCUT2D eigenvalue weighted by molar-refractivity contribution is 9.10. The van der Waals surface area contributed by atoms with Crippen molar-refractivity contribution in [2.75, 3.05) is 19.5 Å². The Morgan fingerprint density at radius 3 is 2.67 bits per heavy atom. The Morgan fingerprint density at radius 1 is 1.19 bits per heavy atom. The highest BCUT2D eigenvalue weighted by atomic mass is 79.9. The predicted molar refractivity (Wildman–Crippen MR) is 107 cm³/mol. The summed E-state index contributed by atoms with van der Waals surface area (Å²) in [6.45, 7) is 0. The molecule has 1 aromatic heterocycles. The maximum atomic E-state index is 13.8. The van der Waals surface area contributed by atoms with Gasteiger partial charge in [-0.3, -0.25) is 4.79 Å². The van der Waals surface area contributed by atoms with Crippen LogP contribution < -0.4 is 14.8 Å². The number of methoxy groups -OCH3 is 2. The second-order valence-corrected chi connectivity index (χ2v) is 7.34. The van der Waals surface area contributed by atoms with Crippen LogP contribution in [0.15, 0.2) is 46.3 Å². The van der Waals surface area contributed by atoms with Gasteiger partial charge in [0.25, 0.3) is 0 Å². The Hall–Kier alpha value is -2.45. The number of amides is 1. The number of carbonyl (C=O) groups excluding carboxylic acids is 1. The largest absolute Gasteiger partial charge is 0.493 e. The normalized spacial score (nSPS) is 10.5. The van der Waals surface area contributed by atoms with Crippen molar-refractivity contribution in [3.63, 3.8) is 0 Å². The van der Waals surface area contributed by atoms with Crippen molar-refractivity contribution in [3.05, 3.63) is 57.8 Å². The van der Waals surface area contributed by atoms with Crippen LogP contribution in [0.2, 0.25) is 0 Å². The Balaban J connectivity index is 1.71. The summed E-state index contributed by atoms with van der Waals surface area (Å²) in [5.41, 5.74) is 1.61. The molecule has 0 aliphatic carbocycles. The number of aromatic nitrogens is 1. The minimum atomic E-state index is -0.498. The van der Waals surface area contributed by atoms with Crippen molar-refractivity contribution in [2.24, 2.45) is 0 Å². The molecule has 2 aromatic carbocycles. The Morgan fingerprint density at radius 2 is 1.96 bits per heavy atom. The zero-order chi connectivity index (χ0) is 19.4. The van der Waals surface area contributed by atoms with Gasteiger partial charge in [0.1, 0.15) is 10.8 Å². The van der Waals surface area contributed by atoms with Gasteiger partial charge in [0.05, 0.1) is 32.0 Å². The number of nitrogens with one attached hydrogen (secondary N) is 1. The first-order valence-corrected chi connectivity index (χ1v) is 9.59. The first-order chi connectivity index (χ1) is 13.0. The smallest absolute Gasteiger partial charge is 0.230 e. The van der Waals surface area contributed by atoms with E-state index in [9.17, 15) is 9.18 Å². The van der Waals surface area contributed by atoms with Crippen LogP contribution >= 0.6 is 27.3 Å². The Bertz CT molecular complexity index is 977. The number of benzene rings is 2. The highest BCUT2D eigenvalue weighted by Crippen LogP contribution is 2.33. The third kappa shape index (κ3) is 4.64. The molecule has 0 unspecified atom stereocenters. The molecule has 140 valence electrons. The first kappa shape index (κ1) is 19.3. The van der Waals surface area contributed by atoms with Gasteiger partial charge in [0.2, 0.25) is 5.91 Å². The van der Waals surface area contributed by atoms with Crippen LogP contribution in [0.1, 0.15) is 5.69 Å². The van der Waals surface area contributed by atoms with Crippen LogP contribution in [0.4, 0.5) is 10.1 Å². The van der Waals surface area contributed by atoms with Gasteiger partial charge in [0.15, 0.2) is 11.5 Å². The van der Waals surface area contributed by atoms with E-state index >= 15 is 0 Å². The fraction of sp³-hybridized carbons (Fsp3) is 0.158. The van der Waals surface area contributed by atoms with Crippen molar-refractivity contribution in [2.45, 2.75) is 6.42 Å². The lowest BCUT2D eigenvalue weighted by Crippen LogP contribution is -2.15. The third-order valence-electron chi connectivity index (χ3n) is 3.73. The zero-order valence-electron chi connectivity index (χ0n) is 14.6. The fourth-order valence-corrected chi connectivity index (χ4v) is 3.59. The topological polar surface area (TPSA) is 60.5 Å². The Kier molecular flexibility index (Phi) is 6.08. The Labute approximate surface area is 168 Å². The summed E-state index contributed by atoms with van der Waals surface area (Å²) in [5.74, 6) is 0.409. The molecule has 5 nitrogen and oxygen atoms in total. The van der Waals surface area contributed by atoms with Gasteiger partial charge in [-0.25, -0.2) is 9.37 Å². The van der Waals surface area contributed by atoms with Crippen molar-refractivity contribution >= 4 is 38.9 Å². The number of carbonyl (C=O) groups is 1. The maximum Gasteiger partial charge on any atom is 0.230 e. The molecule has 0 saturated heterocycles. The molecule has 0 bridgehead atoms. The van der Waals surface area contributed by atoms with E-state index in [-0.39, 0.29) is 18.0 Å². The summed E-state index contributed by atoms with van der Waals surface area (Å²) in [4.78, 5) is 16.7. The molecule has 0 aliphatic rings. The van der Waals surface area contributed by atoms with Crippen LogP contribution in [-0.4, -0.2) is 25.1 Å². The molecule has 8 heteroatoms. The molecule has 3 aromatic rings. The molecule has 1 amide bonds. The molecule has 0 aliphatic heterocycles. The molecule has 3 rings (SSSR count). The van der Waals surface area contributed by atoms with Gasteiger partial charge >= 0.3 is 0 Å². The summed E-state index contributed by atoms with van der Waals surface area (Å²) < 4.78 is 25.0. The standard InChI is InChI=1S/C19H16BrFN2O3S/c1-25-16-6-3-11(7-17(16)26-2)19-22-13(10-27-19)9-18(24)23-15-5-4-12(20)8-14(15)21/h3-8,10H,9H2,1-2H3,(H,23,24). The average molecular weight is 451 g/mol. The molecule has 0 saturated carbocycles. The van der Waals surface area contributed by atoms with E-state index < -0.39 is 5.82 Å². The predicted octanol–water partition coefficient (Wildman–Crippen LogP) is 4.91. The number of nitrogens with zero attached hydrogens (tertiary/aromatic N) is 1. The second-order valence-electron chi connectivity index (χ2n) is 5.56. The van der Waals surface area contributed by atoms with Gasteiger partial charge in [-0.05, 0) is 36.4 Å². The molecule has 27 heavy (non-hydrogen) atoms. The van der Waals surface area contributed by atoms with Crippen LogP contribution in [0, 0.1) is 5.82 Å². The molecular weight excluding hydrogens is 435 g/mol. The van der Waals surface area contributed by atoms with E-state index in [0.29, 0.717) is 21.7 Å². The fourth-order valence-electron chi connectivity index (χ4n) is 2.44.